The van der Waals surface area contributed by atoms with Crippen molar-refractivity contribution in [2.75, 3.05) is 9.80 Å². The first-order valence-electron chi connectivity index (χ1n) is 41.9. The molecule has 0 fully saturated rings. The molecule has 0 spiro atoms. The molecule has 3 aliphatic rings. The number of nitrogens with zero attached hydrogens (tertiary/aromatic N) is 9. The van der Waals surface area contributed by atoms with Gasteiger partial charge in [-0.15, -0.1) is 0 Å². The summed E-state index contributed by atoms with van der Waals surface area (Å²) in [5.74, 6) is 5.22. The van der Waals surface area contributed by atoms with Crippen molar-refractivity contribution in [2.24, 2.45) is 0 Å². The summed E-state index contributed by atoms with van der Waals surface area (Å²) in [5, 5.41) is 4.45. The van der Waals surface area contributed by atoms with Gasteiger partial charge in [0.25, 0.3) is 0 Å². The quantitative estimate of drug-likeness (QED) is 0.153. The van der Waals surface area contributed by atoms with Gasteiger partial charge in [0, 0.05) is 94.7 Å². The van der Waals surface area contributed by atoms with Crippen LogP contribution in [0.3, 0.4) is 0 Å². The van der Waals surface area contributed by atoms with Gasteiger partial charge in [-0.3, -0.25) is 0 Å². The number of aromatic nitrogens is 7. The van der Waals surface area contributed by atoms with Crippen LogP contribution in [-0.2, 0) is 0 Å². The number of hydrogen-bond acceptors (Lipinski definition) is 10. The van der Waals surface area contributed by atoms with E-state index in [1.54, 1.807) is 0 Å². The predicted octanol–water partition coefficient (Wildman–Crippen LogP) is 30.1. The fourth-order valence-electron chi connectivity index (χ4n) is 17.7. The van der Waals surface area contributed by atoms with E-state index < -0.39 is 0 Å². The number of rotatable bonds is 7. The van der Waals surface area contributed by atoms with Gasteiger partial charge in [-0.1, -0.05) is 279 Å². The SMILES string of the molecule is c1ccc(N2c3cccc(c3)-c3cccc(c3)-c3nc(nc(-c4ccc5oc6ccccc6c5c4)n3)-c3cccc(c3)-c3cccc2c3)cc1.c1ccc(Oc2ccc(N3c4cccc(c4)-c4ccccc4-c4cccc(c4)-c4nc(-c5ccccc5)nc(n4)-c4ccc(cc4)-c4cccc(c4)-c4cc3cc3c4c4ccccc4n3-c3ccccc3)cc2)cc1. The fourth-order valence-corrected chi connectivity index (χ4v) is 17.7. The molecule has 0 amide bonds. The van der Waals surface area contributed by atoms with E-state index in [9.17, 15) is 0 Å². The topological polar surface area (TPSA) is 111 Å². The van der Waals surface area contributed by atoms with Crippen LogP contribution in [0.4, 0.5) is 34.1 Å². The van der Waals surface area contributed by atoms with E-state index in [0.717, 1.165) is 184 Å². The molecule has 0 radical (unpaired) electrons. The lowest BCUT2D eigenvalue weighted by Gasteiger charge is -2.27. The molecule has 11 nitrogen and oxygen atoms in total. The molecule has 0 aliphatic carbocycles. The summed E-state index contributed by atoms with van der Waals surface area (Å²) in [6.45, 7) is 0. The Morgan fingerprint density at radius 2 is 0.536 bits per heavy atom. The maximum atomic E-state index is 6.37. The van der Waals surface area contributed by atoms with Crippen LogP contribution in [0.5, 0.6) is 11.5 Å². The zero-order valence-corrected chi connectivity index (χ0v) is 67.5. The summed E-state index contributed by atoms with van der Waals surface area (Å²) in [6.07, 6.45) is 0. The van der Waals surface area contributed by atoms with Gasteiger partial charge in [-0.2, -0.15) is 0 Å². The molecule has 18 aromatic carbocycles. The Morgan fingerprint density at radius 1 is 0.184 bits per heavy atom. The molecule has 22 aromatic rings. The lowest BCUT2D eigenvalue weighted by Crippen LogP contribution is -2.10. The molecule has 125 heavy (non-hydrogen) atoms. The monoisotopic (exact) mass is 1600 g/mol. The van der Waals surface area contributed by atoms with Crippen LogP contribution in [0.15, 0.2) is 447 Å². The third-order valence-corrected chi connectivity index (χ3v) is 23.6. The standard InChI is InChI=1S/C69H45N5O.C45H28N4O/c1-4-17-47(18-5-1)67-70-68-48-35-33-46(34-36-48)49-19-14-21-51(41-49)63-44-57(45-65-66(63)62-31-12-13-32-64(62)74(65)54-24-6-2-7-25-54)73(55-37-39-59(40-38-55)75-58-27-8-3-9-28-58)56-26-16-22-52(43-56)61-30-11-10-29-60(61)50-20-15-23-53(42-50)69(71-67)72-68;1-2-16-36(17-3-1)49-37-18-8-12-31(26-37)29-10-6-14-33(24-29)43-46-44(34-15-7-11-30(25-34)32-13-9-19-38(49)27-32)48-45(47-43)35-22-23-42-40(28-35)39-20-4-5-21-41(39)50-42/h1-45H;1-28H. The van der Waals surface area contributed by atoms with Crippen molar-refractivity contribution in [3.8, 4) is 152 Å². The highest BCUT2D eigenvalue weighted by molar-refractivity contribution is 6.17. The summed E-state index contributed by atoms with van der Waals surface area (Å²) in [4.78, 5) is 35.4. The molecule has 11 heteroatoms. The summed E-state index contributed by atoms with van der Waals surface area (Å²) in [5.41, 5.74) is 29.8. The Balaban J connectivity index is 0.000000156. The maximum absolute atomic E-state index is 6.37. The smallest absolute Gasteiger partial charge is 0.164 e. The second-order valence-corrected chi connectivity index (χ2v) is 31.4. The lowest BCUT2D eigenvalue weighted by atomic mass is 9.93. The van der Waals surface area contributed by atoms with Gasteiger partial charge in [0.05, 0.1) is 11.0 Å². The Kier molecular flexibility index (Phi) is 18.3. The van der Waals surface area contributed by atoms with Gasteiger partial charge >= 0.3 is 0 Å². The summed E-state index contributed by atoms with van der Waals surface area (Å²) >= 11 is 0. The van der Waals surface area contributed by atoms with Crippen LogP contribution in [0.25, 0.3) is 185 Å². The summed E-state index contributed by atoms with van der Waals surface area (Å²) in [7, 11) is 0. The lowest BCUT2D eigenvalue weighted by molar-refractivity contribution is 0.483. The van der Waals surface area contributed by atoms with E-state index in [4.69, 9.17) is 39.1 Å². The molecule has 3 aliphatic heterocycles. The second kappa shape index (κ2) is 31.3. The molecule has 586 valence electrons. The third kappa shape index (κ3) is 13.9. The van der Waals surface area contributed by atoms with E-state index in [0.29, 0.717) is 34.9 Å². The molecule has 4 aromatic heterocycles. The highest BCUT2D eigenvalue weighted by atomic mass is 16.5. The normalized spacial score (nSPS) is 11.8. The Hall–Kier alpha value is -17.0. The molecule has 25 rings (SSSR count). The minimum absolute atomic E-state index is 0.607. The number of furan rings is 1. The first kappa shape index (κ1) is 73.1. The molecular formula is C114H73N9O2. The van der Waals surface area contributed by atoms with Crippen LogP contribution in [-0.4, -0.2) is 34.5 Å². The highest BCUT2D eigenvalue weighted by Gasteiger charge is 2.26. The Bertz CT molecular complexity index is 7780. The maximum Gasteiger partial charge on any atom is 0.164 e. The molecule has 7 heterocycles. The first-order chi connectivity index (χ1) is 61.9. The largest absolute Gasteiger partial charge is 0.457 e. The zero-order chi connectivity index (χ0) is 82.7. The number of ether oxygens (including phenoxy) is 1. The molecule has 0 saturated carbocycles. The van der Waals surface area contributed by atoms with Gasteiger partial charge in [-0.25, -0.2) is 29.9 Å². The fraction of sp³-hybridized carbons (Fsp3) is 0. The van der Waals surface area contributed by atoms with E-state index in [1.807, 2.05) is 91.0 Å². The Morgan fingerprint density at radius 3 is 1.12 bits per heavy atom. The van der Waals surface area contributed by atoms with Crippen LogP contribution in [0, 0.1) is 0 Å². The predicted molar refractivity (Wildman–Crippen MR) is 510 cm³/mol. The van der Waals surface area contributed by atoms with Crippen molar-refractivity contribution in [1.29, 1.82) is 0 Å². The van der Waals surface area contributed by atoms with Crippen molar-refractivity contribution in [2.45, 2.75) is 0 Å². The third-order valence-electron chi connectivity index (χ3n) is 23.6. The molecule has 0 N–H and O–H groups in total. The highest BCUT2D eigenvalue weighted by Crippen LogP contribution is 2.49. The number of benzene rings is 18. The van der Waals surface area contributed by atoms with E-state index in [-0.39, 0.29) is 0 Å². The van der Waals surface area contributed by atoms with Crippen molar-refractivity contribution < 1.29 is 9.15 Å². The van der Waals surface area contributed by atoms with E-state index in [2.05, 4.69) is 366 Å². The van der Waals surface area contributed by atoms with Gasteiger partial charge in [0.15, 0.2) is 34.9 Å². The molecular weight excluding hydrogens is 1530 g/mol. The Labute approximate surface area is 721 Å². The number of hydrogen-bond donors (Lipinski definition) is 0. The van der Waals surface area contributed by atoms with Crippen molar-refractivity contribution >= 4 is 77.9 Å². The first-order valence-corrected chi connectivity index (χ1v) is 41.9. The van der Waals surface area contributed by atoms with Gasteiger partial charge < -0.3 is 23.5 Å². The molecule has 0 unspecified atom stereocenters. The molecule has 0 saturated heterocycles. The van der Waals surface area contributed by atoms with Gasteiger partial charge in [0.1, 0.15) is 22.7 Å². The van der Waals surface area contributed by atoms with Crippen molar-refractivity contribution in [3.05, 3.63) is 443 Å². The summed E-state index contributed by atoms with van der Waals surface area (Å²) < 4.78 is 14.9. The number of fused-ring (bicyclic) bond motifs is 22. The molecule has 0 atom stereocenters. The second-order valence-electron chi connectivity index (χ2n) is 31.4. The van der Waals surface area contributed by atoms with Crippen LogP contribution in [0.2, 0.25) is 0 Å². The van der Waals surface area contributed by atoms with Gasteiger partial charge in [0.2, 0.25) is 0 Å². The number of anilines is 6. The van der Waals surface area contributed by atoms with E-state index >= 15 is 0 Å². The van der Waals surface area contributed by atoms with E-state index in [1.165, 1.54) is 10.8 Å². The van der Waals surface area contributed by atoms with Crippen LogP contribution < -0.4 is 14.5 Å². The number of para-hydroxylation sites is 5. The average Bonchev–Trinajstić information content (AvgIpc) is 1.57. The minimum Gasteiger partial charge on any atom is -0.457 e. The molecule has 22 bridgehead atoms. The van der Waals surface area contributed by atoms with Crippen molar-refractivity contribution in [3.63, 3.8) is 0 Å². The minimum atomic E-state index is 0.607. The van der Waals surface area contributed by atoms with Crippen molar-refractivity contribution in [1.82, 2.24) is 34.5 Å². The van der Waals surface area contributed by atoms with Crippen LogP contribution >= 0.6 is 0 Å². The zero-order valence-electron chi connectivity index (χ0n) is 67.5. The average molecular weight is 1600 g/mol. The van der Waals surface area contributed by atoms with Crippen LogP contribution in [0.1, 0.15) is 0 Å². The van der Waals surface area contributed by atoms with Gasteiger partial charge in [-0.05, 0) is 231 Å². The summed E-state index contributed by atoms with van der Waals surface area (Å²) in [6, 6.07) is 156.